The van der Waals surface area contributed by atoms with Crippen LogP contribution in [0.5, 0.6) is 5.75 Å². The molecule has 1 N–H and O–H groups in total. The van der Waals surface area contributed by atoms with Crippen molar-refractivity contribution in [3.8, 4) is 5.75 Å². The molecular formula is C22H24ClFN2O3. The van der Waals surface area contributed by atoms with E-state index in [1.165, 1.54) is 24.3 Å². The van der Waals surface area contributed by atoms with Gasteiger partial charge in [-0.3, -0.25) is 9.59 Å². The summed E-state index contributed by atoms with van der Waals surface area (Å²) in [6.45, 7) is 3.42. The average molecular weight is 419 g/mol. The average Bonchev–Trinajstić information content (AvgIpc) is 2.73. The number of hydrogen-bond acceptors (Lipinski definition) is 3. The summed E-state index contributed by atoms with van der Waals surface area (Å²) in [5.74, 6) is -0.534. The number of nitrogens with one attached hydrogen (secondary N) is 1. The highest BCUT2D eigenvalue weighted by molar-refractivity contribution is 6.31. The zero-order valence-electron chi connectivity index (χ0n) is 16.3. The molecule has 7 heteroatoms. The van der Waals surface area contributed by atoms with Crippen molar-refractivity contribution >= 4 is 29.1 Å². The number of halogens is 2. The molecule has 1 saturated heterocycles. The molecule has 29 heavy (non-hydrogen) atoms. The quantitative estimate of drug-likeness (QED) is 0.735. The fourth-order valence-electron chi connectivity index (χ4n) is 3.32. The van der Waals surface area contributed by atoms with Crippen molar-refractivity contribution < 1.29 is 18.7 Å². The largest absolute Gasteiger partial charge is 0.491 e. The second kappa shape index (κ2) is 9.74. The number of rotatable bonds is 6. The number of piperidine rings is 1. The second-order valence-corrected chi connectivity index (χ2v) is 7.51. The minimum Gasteiger partial charge on any atom is -0.491 e. The van der Waals surface area contributed by atoms with Crippen LogP contribution in [-0.2, 0) is 4.79 Å². The molecule has 0 spiro atoms. The fraction of sp³-hybridized carbons (Fsp3) is 0.364. The number of carbonyl (C=O) groups excluding carboxylic acids is 2. The Morgan fingerprint density at radius 1 is 1.24 bits per heavy atom. The van der Waals surface area contributed by atoms with E-state index in [0.717, 1.165) is 12.8 Å². The summed E-state index contributed by atoms with van der Waals surface area (Å²) in [5.41, 5.74) is 0.940. The third kappa shape index (κ3) is 5.48. The van der Waals surface area contributed by atoms with Gasteiger partial charge in [0.05, 0.1) is 18.2 Å². The van der Waals surface area contributed by atoms with Crippen molar-refractivity contribution in [3.63, 3.8) is 0 Å². The number of carbonyl (C=O) groups is 2. The van der Waals surface area contributed by atoms with Crippen LogP contribution in [0.25, 0.3) is 0 Å². The van der Waals surface area contributed by atoms with Gasteiger partial charge in [0.15, 0.2) is 0 Å². The van der Waals surface area contributed by atoms with Crippen LogP contribution in [0.15, 0.2) is 42.5 Å². The van der Waals surface area contributed by atoms with E-state index in [0.29, 0.717) is 48.1 Å². The van der Waals surface area contributed by atoms with Gasteiger partial charge in [-0.1, -0.05) is 18.5 Å². The summed E-state index contributed by atoms with van der Waals surface area (Å²) in [4.78, 5) is 27.2. The van der Waals surface area contributed by atoms with Crippen LogP contribution in [0, 0.1) is 11.7 Å². The topological polar surface area (TPSA) is 58.6 Å². The van der Waals surface area contributed by atoms with E-state index < -0.39 is 0 Å². The summed E-state index contributed by atoms with van der Waals surface area (Å²) < 4.78 is 18.8. The van der Waals surface area contributed by atoms with Crippen molar-refractivity contribution in [2.24, 2.45) is 5.92 Å². The van der Waals surface area contributed by atoms with E-state index in [9.17, 15) is 14.0 Å². The molecule has 1 aliphatic rings. The van der Waals surface area contributed by atoms with Crippen molar-refractivity contribution in [2.75, 3.05) is 25.0 Å². The predicted octanol–water partition coefficient (Wildman–Crippen LogP) is 4.76. The zero-order valence-corrected chi connectivity index (χ0v) is 17.0. The molecule has 1 fully saturated rings. The van der Waals surface area contributed by atoms with E-state index in [4.69, 9.17) is 16.3 Å². The molecule has 154 valence electrons. The number of anilines is 1. The summed E-state index contributed by atoms with van der Waals surface area (Å²) in [5, 5.41) is 3.40. The molecule has 0 bridgehead atoms. The Morgan fingerprint density at radius 2 is 2.00 bits per heavy atom. The van der Waals surface area contributed by atoms with Gasteiger partial charge in [0.1, 0.15) is 11.6 Å². The summed E-state index contributed by atoms with van der Waals surface area (Å²) in [6.07, 6.45) is 2.25. The monoisotopic (exact) mass is 418 g/mol. The maximum atomic E-state index is 13.1. The molecule has 0 saturated carbocycles. The Labute approximate surface area is 174 Å². The maximum Gasteiger partial charge on any atom is 0.253 e. The van der Waals surface area contributed by atoms with Crippen molar-refractivity contribution in [2.45, 2.75) is 26.2 Å². The van der Waals surface area contributed by atoms with Gasteiger partial charge < -0.3 is 15.0 Å². The van der Waals surface area contributed by atoms with E-state index in [1.54, 1.807) is 23.1 Å². The van der Waals surface area contributed by atoms with Crippen LogP contribution in [0.3, 0.4) is 0 Å². The molecule has 2 aromatic carbocycles. The zero-order chi connectivity index (χ0) is 20.8. The number of benzene rings is 2. The fourth-order valence-corrected chi connectivity index (χ4v) is 3.50. The number of likely N-dealkylation sites (tertiary alicyclic amines) is 1. The SMILES string of the molecule is CCCOc1ccc(Cl)cc1NC(=O)C1CCCN(C(=O)c2ccc(F)cc2)C1. The summed E-state index contributed by atoms with van der Waals surface area (Å²) in [7, 11) is 0. The first-order valence-corrected chi connectivity index (χ1v) is 10.1. The molecule has 1 heterocycles. The number of nitrogens with zero attached hydrogens (tertiary/aromatic N) is 1. The molecule has 0 aliphatic carbocycles. The highest BCUT2D eigenvalue weighted by atomic mass is 35.5. The van der Waals surface area contributed by atoms with Gasteiger partial charge in [-0.2, -0.15) is 0 Å². The molecule has 0 aromatic heterocycles. The van der Waals surface area contributed by atoms with E-state index in [1.807, 2.05) is 6.92 Å². The van der Waals surface area contributed by atoms with Gasteiger partial charge in [-0.15, -0.1) is 0 Å². The maximum absolute atomic E-state index is 13.1. The Hall–Kier alpha value is -2.60. The van der Waals surface area contributed by atoms with Gasteiger partial charge in [0, 0.05) is 23.7 Å². The highest BCUT2D eigenvalue weighted by Crippen LogP contribution is 2.29. The molecule has 2 amide bonds. The number of hydrogen-bond donors (Lipinski definition) is 1. The van der Waals surface area contributed by atoms with E-state index in [-0.39, 0.29) is 23.5 Å². The molecular weight excluding hydrogens is 395 g/mol. The summed E-state index contributed by atoms with van der Waals surface area (Å²) >= 11 is 6.08. The van der Waals surface area contributed by atoms with E-state index >= 15 is 0 Å². The standard InChI is InChI=1S/C22H24ClFN2O3/c1-2-12-29-20-10-7-17(23)13-19(20)25-21(27)16-4-3-11-26(14-16)22(28)15-5-8-18(24)9-6-15/h5-10,13,16H,2-4,11-12,14H2,1H3,(H,25,27). The van der Waals surface area contributed by atoms with Crippen molar-refractivity contribution in [3.05, 3.63) is 58.9 Å². The summed E-state index contributed by atoms with van der Waals surface area (Å²) in [6, 6.07) is 10.6. The second-order valence-electron chi connectivity index (χ2n) is 7.08. The third-order valence-corrected chi connectivity index (χ3v) is 5.07. The van der Waals surface area contributed by atoms with Gasteiger partial charge in [0.2, 0.25) is 5.91 Å². The molecule has 1 aliphatic heterocycles. The lowest BCUT2D eigenvalue weighted by molar-refractivity contribution is -0.121. The molecule has 3 rings (SSSR count). The normalized spacial score (nSPS) is 16.4. The molecule has 1 unspecified atom stereocenters. The lowest BCUT2D eigenvalue weighted by Gasteiger charge is -2.32. The highest BCUT2D eigenvalue weighted by Gasteiger charge is 2.29. The Balaban J connectivity index is 1.68. The molecule has 5 nitrogen and oxygen atoms in total. The number of amides is 2. The minimum atomic E-state index is -0.389. The van der Waals surface area contributed by atoms with Crippen LogP contribution < -0.4 is 10.1 Å². The van der Waals surface area contributed by atoms with Gasteiger partial charge >= 0.3 is 0 Å². The first-order chi connectivity index (χ1) is 14.0. The van der Waals surface area contributed by atoms with Crippen molar-refractivity contribution in [1.82, 2.24) is 4.90 Å². The minimum absolute atomic E-state index is 0.176. The molecule has 1 atom stereocenters. The van der Waals surface area contributed by atoms with Crippen LogP contribution in [-0.4, -0.2) is 36.4 Å². The smallest absolute Gasteiger partial charge is 0.253 e. The predicted molar refractivity (Wildman–Crippen MR) is 111 cm³/mol. The van der Waals surface area contributed by atoms with Crippen LogP contribution in [0.2, 0.25) is 5.02 Å². The van der Waals surface area contributed by atoms with Crippen LogP contribution >= 0.6 is 11.6 Å². The van der Waals surface area contributed by atoms with Crippen LogP contribution in [0.1, 0.15) is 36.5 Å². The lowest BCUT2D eigenvalue weighted by atomic mass is 9.96. The molecule has 0 radical (unpaired) electrons. The first kappa shape index (κ1) is 21.1. The third-order valence-electron chi connectivity index (χ3n) is 4.83. The van der Waals surface area contributed by atoms with Gasteiger partial charge in [-0.05, 0) is 61.7 Å². The van der Waals surface area contributed by atoms with Crippen LogP contribution in [0.4, 0.5) is 10.1 Å². The Bertz CT molecular complexity index is 873. The Morgan fingerprint density at radius 3 is 2.72 bits per heavy atom. The lowest BCUT2D eigenvalue weighted by Crippen LogP contribution is -2.43. The number of ether oxygens (including phenoxy) is 1. The first-order valence-electron chi connectivity index (χ1n) is 9.76. The Kier molecular flexibility index (Phi) is 7.09. The van der Waals surface area contributed by atoms with Gasteiger partial charge in [0.25, 0.3) is 5.91 Å². The van der Waals surface area contributed by atoms with Crippen molar-refractivity contribution in [1.29, 1.82) is 0 Å². The van der Waals surface area contributed by atoms with Gasteiger partial charge in [-0.25, -0.2) is 4.39 Å². The molecule has 2 aromatic rings. The van der Waals surface area contributed by atoms with E-state index in [2.05, 4.69) is 5.32 Å².